The molecule has 0 unspecified atom stereocenters. The summed E-state index contributed by atoms with van der Waals surface area (Å²) in [4.78, 5) is 36.8. The normalized spacial score (nSPS) is 12.8. The van der Waals surface area contributed by atoms with E-state index in [0.29, 0.717) is 16.1 Å². The van der Waals surface area contributed by atoms with Crippen LogP contribution in [-0.4, -0.2) is 27.4 Å². The predicted molar refractivity (Wildman–Crippen MR) is 62.6 cm³/mol. The average Bonchev–Trinajstić information content (AvgIpc) is 2.79. The number of carboxylic acids is 1. The van der Waals surface area contributed by atoms with Crippen LogP contribution in [0.4, 0.5) is 0 Å². The van der Waals surface area contributed by atoms with Crippen molar-refractivity contribution in [2.45, 2.75) is 6.54 Å². The van der Waals surface area contributed by atoms with Crippen molar-refractivity contribution in [3.8, 4) is 11.5 Å². The number of hydrogen-bond acceptors (Lipinski definition) is 5. The molecule has 1 aliphatic rings. The highest BCUT2D eigenvalue weighted by molar-refractivity contribution is 5.82. The molecule has 19 heavy (non-hydrogen) atoms. The van der Waals surface area contributed by atoms with Gasteiger partial charge in [-0.05, 0) is 6.07 Å². The second-order valence-electron chi connectivity index (χ2n) is 3.97. The van der Waals surface area contributed by atoms with Crippen LogP contribution in [0.25, 0.3) is 10.9 Å². The van der Waals surface area contributed by atoms with E-state index in [4.69, 9.17) is 14.6 Å². The molecule has 98 valence electrons. The maximum absolute atomic E-state index is 12.1. The van der Waals surface area contributed by atoms with E-state index in [1.165, 1.54) is 12.1 Å². The zero-order valence-electron chi connectivity index (χ0n) is 9.50. The van der Waals surface area contributed by atoms with Crippen LogP contribution in [-0.2, 0) is 11.3 Å². The molecule has 1 aromatic heterocycles. The average molecular weight is 264 g/mol. The zero-order valence-corrected chi connectivity index (χ0v) is 9.50. The minimum absolute atomic E-state index is 0.0409. The number of nitrogens with one attached hydrogen (secondary N) is 1. The summed E-state index contributed by atoms with van der Waals surface area (Å²) in [6, 6.07) is 2.90. The predicted octanol–water partition coefficient (Wildman–Crippen LogP) is -0.497. The molecule has 2 heterocycles. The largest absolute Gasteiger partial charge is 0.480 e. The number of aromatic nitrogens is 2. The number of carbonyl (C=O) groups is 1. The molecule has 1 aromatic carbocycles. The molecular weight excluding hydrogens is 256 g/mol. The number of aliphatic carboxylic acids is 1. The summed E-state index contributed by atoms with van der Waals surface area (Å²) in [7, 11) is 0. The molecule has 0 amide bonds. The van der Waals surface area contributed by atoms with Crippen molar-refractivity contribution in [3.63, 3.8) is 0 Å². The van der Waals surface area contributed by atoms with E-state index in [1.54, 1.807) is 0 Å². The third-order valence-corrected chi connectivity index (χ3v) is 2.77. The van der Waals surface area contributed by atoms with Crippen molar-refractivity contribution in [2.75, 3.05) is 6.79 Å². The van der Waals surface area contributed by atoms with Gasteiger partial charge in [0.25, 0.3) is 5.56 Å². The van der Waals surface area contributed by atoms with E-state index >= 15 is 0 Å². The SMILES string of the molecule is O=C(O)Cn1c(=O)[nH]c2cc3c(cc2c1=O)OCO3. The van der Waals surface area contributed by atoms with Gasteiger partial charge in [0.05, 0.1) is 10.9 Å². The summed E-state index contributed by atoms with van der Waals surface area (Å²) in [6.45, 7) is -0.655. The van der Waals surface area contributed by atoms with E-state index in [0.717, 1.165) is 0 Å². The van der Waals surface area contributed by atoms with Crippen LogP contribution in [0, 0.1) is 0 Å². The lowest BCUT2D eigenvalue weighted by molar-refractivity contribution is -0.137. The number of hydrogen-bond donors (Lipinski definition) is 2. The van der Waals surface area contributed by atoms with Gasteiger partial charge < -0.3 is 19.6 Å². The molecule has 2 aromatic rings. The van der Waals surface area contributed by atoms with Crippen molar-refractivity contribution in [1.29, 1.82) is 0 Å². The molecule has 8 nitrogen and oxygen atoms in total. The Balaban J connectivity index is 2.32. The molecule has 2 N–H and O–H groups in total. The fraction of sp³-hybridized carbons (Fsp3) is 0.182. The maximum atomic E-state index is 12.1. The summed E-state index contributed by atoms with van der Waals surface area (Å²) in [6.07, 6.45) is 0. The zero-order chi connectivity index (χ0) is 13.6. The van der Waals surface area contributed by atoms with Gasteiger partial charge in [0.15, 0.2) is 11.5 Å². The van der Waals surface area contributed by atoms with Crippen LogP contribution < -0.4 is 20.7 Å². The van der Waals surface area contributed by atoms with Gasteiger partial charge in [-0.3, -0.25) is 9.59 Å². The van der Waals surface area contributed by atoms with Crippen molar-refractivity contribution < 1.29 is 19.4 Å². The third kappa shape index (κ3) is 1.73. The van der Waals surface area contributed by atoms with Gasteiger partial charge in [0, 0.05) is 6.07 Å². The van der Waals surface area contributed by atoms with Crippen LogP contribution in [0.3, 0.4) is 0 Å². The molecule has 1 aliphatic heterocycles. The molecule has 0 saturated carbocycles. The number of nitrogens with zero attached hydrogens (tertiary/aromatic N) is 1. The van der Waals surface area contributed by atoms with Crippen LogP contribution in [0.1, 0.15) is 0 Å². The molecular formula is C11H8N2O6. The van der Waals surface area contributed by atoms with Crippen molar-refractivity contribution in [2.24, 2.45) is 0 Å². The van der Waals surface area contributed by atoms with Crippen LogP contribution in [0.2, 0.25) is 0 Å². The van der Waals surface area contributed by atoms with Crippen molar-refractivity contribution in [3.05, 3.63) is 33.0 Å². The first-order chi connectivity index (χ1) is 9.06. The molecule has 0 bridgehead atoms. The maximum Gasteiger partial charge on any atom is 0.329 e. The Morgan fingerprint density at radius 1 is 1.32 bits per heavy atom. The molecule has 0 radical (unpaired) electrons. The highest BCUT2D eigenvalue weighted by atomic mass is 16.7. The summed E-state index contributed by atoms with van der Waals surface area (Å²) in [5.41, 5.74) is -1.18. The van der Waals surface area contributed by atoms with E-state index in [1.807, 2.05) is 0 Å². The van der Waals surface area contributed by atoms with E-state index in [-0.39, 0.29) is 17.7 Å². The molecule has 3 rings (SSSR count). The first-order valence-corrected chi connectivity index (χ1v) is 5.34. The fourth-order valence-corrected chi connectivity index (χ4v) is 1.92. The minimum atomic E-state index is -1.27. The number of aromatic amines is 1. The van der Waals surface area contributed by atoms with Gasteiger partial charge in [0.2, 0.25) is 6.79 Å². The Morgan fingerprint density at radius 3 is 2.68 bits per heavy atom. The standard InChI is InChI=1S/C11H8N2O6/c14-9(15)3-13-10(16)5-1-7-8(19-4-18-7)2-6(5)12-11(13)17/h1-2H,3-4H2,(H,12,17)(H,14,15). The second-order valence-corrected chi connectivity index (χ2v) is 3.97. The second kappa shape index (κ2) is 3.87. The van der Waals surface area contributed by atoms with E-state index < -0.39 is 23.8 Å². The monoisotopic (exact) mass is 264 g/mol. The topological polar surface area (TPSA) is 111 Å². The summed E-state index contributed by atoms with van der Waals surface area (Å²) >= 11 is 0. The van der Waals surface area contributed by atoms with Gasteiger partial charge in [-0.2, -0.15) is 0 Å². The van der Waals surface area contributed by atoms with Gasteiger partial charge in [0.1, 0.15) is 6.54 Å². The molecule has 0 fully saturated rings. The smallest absolute Gasteiger partial charge is 0.329 e. The summed E-state index contributed by atoms with van der Waals surface area (Å²) < 4.78 is 10.9. The van der Waals surface area contributed by atoms with Gasteiger partial charge in [-0.15, -0.1) is 0 Å². The molecule has 0 aliphatic carbocycles. The quantitative estimate of drug-likeness (QED) is 0.756. The molecule has 0 spiro atoms. The number of H-pyrrole nitrogens is 1. The lowest BCUT2D eigenvalue weighted by Crippen LogP contribution is -2.37. The van der Waals surface area contributed by atoms with Crippen molar-refractivity contribution in [1.82, 2.24) is 9.55 Å². The molecule has 8 heteroatoms. The first kappa shape index (κ1) is 11.3. The fourth-order valence-electron chi connectivity index (χ4n) is 1.92. The van der Waals surface area contributed by atoms with E-state index in [2.05, 4.69) is 4.98 Å². The number of benzene rings is 1. The number of carboxylic acid groups (broad SMARTS) is 1. The highest BCUT2D eigenvalue weighted by Crippen LogP contribution is 2.33. The summed E-state index contributed by atoms with van der Waals surface area (Å²) in [5.74, 6) is -0.454. The molecule has 0 atom stereocenters. The van der Waals surface area contributed by atoms with Crippen molar-refractivity contribution >= 4 is 16.9 Å². The number of ether oxygens (including phenoxy) is 2. The Kier molecular flexibility index (Phi) is 2.31. The van der Waals surface area contributed by atoms with Gasteiger partial charge >= 0.3 is 11.7 Å². The van der Waals surface area contributed by atoms with Crippen LogP contribution in [0.5, 0.6) is 11.5 Å². The first-order valence-electron chi connectivity index (χ1n) is 5.34. The Morgan fingerprint density at radius 2 is 2.00 bits per heavy atom. The van der Waals surface area contributed by atoms with Crippen LogP contribution >= 0.6 is 0 Å². The lowest BCUT2D eigenvalue weighted by Gasteiger charge is -2.04. The Labute approximate surface area is 104 Å². The lowest BCUT2D eigenvalue weighted by atomic mass is 10.2. The summed E-state index contributed by atoms with van der Waals surface area (Å²) in [5, 5.41) is 8.86. The minimum Gasteiger partial charge on any atom is -0.480 e. The van der Waals surface area contributed by atoms with Gasteiger partial charge in [-0.1, -0.05) is 0 Å². The number of fused-ring (bicyclic) bond motifs is 2. The number of rotatable bonds is 2. The highest BCUT2D eigenvalue weighted by Gasteiger charge is 2.18. The Hall–Kier alpha value is -2.77. The van der Waals surface area contributed by atoms with Gasteiger partial charge in [-0.25, -0.2) is 9.36 Å². The van der Waals surface area contributed by atoms with E-state index in [9.17, 15) is 14.4 Å². The third-order valence-electron chi connectivity index (χ3n) is 2.77. The Bertz CT molecular complexity index is 803. The van der Waals surface area contributed by atoms with Crippen LogP contribution in [0.15, 0.2) is 21.7 Å². The molecule has 0 saturated heterocycles.